The van der Waals surface area contributed by atoms with Crippen molar-refractivity contribution in [2.75, 3.05) is 13.6 Å². The molecule has 0 aliphatic carbocycles. The van der Waals surface area contributed by atoms with E-state index in [1.165, 1.54) is 7.11 Å². The van der Waals surface area contributed by atoms with Crippen molar-refractivity contribution in [3.63, 3.8) is 0 Å². The van der Waals surface area contributed by atoms with E-state index in [-0.39, 0.29) is 18.5 Å². The molecule has 1 atom stereocenters. The van der Waals surface area contributed by atoms with Gasteiger partial charge in [-0.15, -0.1) is 0 Å². The van der Waals surface area contributed by atoms with Crippen LogP contribution in [0.25, 0.3) is 0 Å². The molecule has 1 unspecified atom stereocenters. The number of ether oxygens (including phenoxy) is 1. The molecule has 1 N–H and O–H groups in total. The normalized spacial score (nSPS) is 11.8. The van der Waals surface area contributed by atoms with Gasteiger partial charge in [0.15, 0.2) is 0 Å². The Bertz CT molecular complexity index is 140. The van der Waals surface area contributed by atoms with E-state index in [2.05, 4.69) is 10.1 Å². The Morgan fingerprint density at radius 1 is 1.73 bits per heavy atom. The van der Waals surface area contributed by atoms with Crippen molar-refractivity contribution in [3.05, 3.63) is 0 Å². The standard InChI is InChI=1S/C6H12BNO3/c1-5(8-4-7-10)3-6(9)11-2/h5,8H,3-4H2,1-2H3. The molecule has 0 bridgehead atoms. The number of hydrogen-bond donors (Lipinski definition) is 1. The van der Waals surface area contributed by atoms with Gasteiger partial charge in [0.2, 0.25) is 0 Å². The SMILES string of the molecule is COC(=O)CC(C)NCB=O. The minimum absolute atomic E-state index is 0.00681. The van der Waals surface area contributed by atoms with Crippen LogP contribution in [0.3, 0.4) is 0 Å². The van der Waals surface area contributed by atoms with E-state index >= 15 is 0 Å². The van der Waals surface area contributed by atoms with Crippen molar-refractivity contribution in [2.45, 2.75) is 19.4 Å². The van der Waals surface area contributed by atoms with Crippen LogP contribution < -0.4 is 5.32 Å². The molecule has 4 nitrogen and oxygen atoms in total. The Balaban J connectivity index is 3.42. The zero-order valence-electron chi connectivity index (χ0n) is 6.79. The monoisotopic (exact) mass is 157 g/mol. The number of carbonyl (C=O) groups is 1. The van der Waals surface area contributed by atoms with Gasteiger partial charge < -0.3 is 0 Å². The van der Waals surface area contributed by atoms with Gasteiger partial charge in [-0.3, -0.25) is 0 Å². The first-order valence-corrected chi connectivity index (χ1v) is 3.44. The van der Waals surface area contributed by atoms with E-state index in [1.54, 1.807) is 0 Å². The molecule has 62 valence electrons. The fourth-order valence-corrected chi connectivity index (χ4v) is 0.655. The molecule has 0 saturated carbocycles. The van der Waals surface area contributed by atoms with E-state index in [4.69, 9.17) is 0 Å². The van der Waals surface area contributed by atoms with Gasteiger partial charge in [0.1, 0.15) is 0 Å². The second-order valence-corrected chi connectivity index (χ2v) is 2.26. The van der Waals surface area contributed by atoms with Gasteiger partial charge in [0.25, 0.3) is 0 Å². The molecule has 0 heterocycles. The molecule has 0 spiro atoms. The molecule has 0 aromatic heterocycles. The van der Waals surface area contributed by atoms with Crippen LogP contribution in [-0.4, -0.2) is 32.7 Å². The predicted molar refractivity (Wildman–Crippen MR) is 40.5 cm³/mol. The summed E-state index contributed by atoms with van der Waals surface area (Å²) in [6, 6.07) is -0.00681. The maximum absolute atomic E-state index is 10.6. The molecule has 0 aliphatic heterocycles. The van der Waals surface area contributed by atoms with Crippen molar-refractivity contribution in [1.82, 2.24) is 5.32 Å². The van der Waals surface area contributed by atoms with E-state index in [0.29, 0.717) is 6.42 Å². The zero-order chi connectivity index (χ0) is 8.69. The fraction of sp³-hybridized carbons (Fsp3) is 0.833. The van der Waals surface area contributed by atoms with Crippen molar-refractivity contribution in [1.29, 1.82) is 0 Å². The Morgan fingerprint density at radius 2 is 2.36 bits per heavy atom. The molecule has 0 rings (SSSR count). The summed E-state index contributed by atoms with van der Waals surface area (Å²) in [6.07, 6.45) is 0.572. The molecule has 0 saturated heterocycles. The molecule has 0 amide bonds. The van der Waals surface area contributed by atoms with Crippen LogP contribution in [0.5, 0.6) is 0 Å². The number of nitrogens with one attached hydrogen (secondary N) is 1. The third kappa shape index (κ3) is 5.73. The third-order valence-electron chi connectivity index (χ3n) is 1.25. The number of hydrogen-bond acceptors (Lipinski definition) is 4. The van der Waals surface area contributed by atoms with Crippen LogP contribution in [0.4, 0.5) is 0 Å². The molecular formula is C6H12BNO3. The first-order valence-electron chi connectivity index (χ1n) is 3.44. The summed E-state index contributed by atoms with van der Waals surface area (Å²) in [6.45, 7) is 1.82. The number of esters is 1. The summed E-state index contributed by atoms with van der Waals surface area (Å²) in [5.74, 6) is -0.268. The number of rotatable bonds is 5. The molecule has 0 fully saturated rings. The van der Waals surface area contributed by atoms with Crippen molar-refractivity contribution in [2.24, 2.45) is 0 Å². The Kier molecular flexibility index (Phi) is 5.65. The second kappa shape index (κ2) is 6.03. The van der Waals surface area contributed by atoms with E-state index in [9.17, 15) is 9.50 Å². The second-order valence-electron chi connectivity index (χ2n) is 2.26. The summed E-state index contributed by atoms with van der Waals surface area (Å²) in [5, 5.41) is 2.83. The summed E-state index contributed by atoms with van der Waals surface area (Å²) in [7, 11) is 2.10. The van der Waals surface area contributed by atoms with Gasteiger partial charge >= 0.3 is 65.6 Å². The predicted octanol–water partition coefficient (Wildman–Crippen LogP) is -0.465. The molecule has 5 heteroatoms. The summed E-state index contributed by atoms with van der Waals surface area (Å²) in [4.78, 5) is 10.6. The van der Waals surface area contributed by atoms with Crippen molar-refractivity contribution in [3.8, 4) is 0 Å². The molecule has 0 aromatic rings. The Hall–Kier alpha value is -0.705. The van der Waals surface area contributed by atoms with Crippen molar-refractivity contribution >= 4 is 13.1 Å². The van der Waals surface area contributed by atoms with Gasteiger partial charge in [0.05, 0.1) is 0 Å². The molecule has 0 aromatic carbocycles. The molecule has 0 aliphatic rings. The summed E-state index contributed by atoms with van der Waals surface area (Å²) in [5.41, 5.74) is 0. The van der Waals surface area contributed by atoms with Crippen molar-refractivity contribution < 1.29 is 14.2 Å². The molecule has 0 radical (unpaired) electrons. The topological polar surface area (TPSA) is 55.4 Å². The fourth-order valence-electron chi connectivity index (χ4n) is 0.655. The van der Waals surface area contributed by atoms with E-state index in [0.717, 1.165) is 7.15 Å². The van der Waals surface area contributed by atoms with Gasteiger partial charge in [-0.25, -0.2) is 0 Å². The van der Waals surface area contributed by atoms with E-state index in [1.807, 2.05) is 6.92 Å². The average molecular weight is 157 g/mol. The van der Waals surface area contributed by atoms with Gasteiger partial charge in [-0.2, -0.15) is 0 Å². The van der Waals surface area contributed by atoms with Crippen LogP contribution in [0.1, 0.15) is 13.3 Å². The van der Waals surface area contributed by atoms with Crippen LogP contribution in [-0.2, 0) is 14.2 Å². The first-order chi connectivity index (χ1) is 5.20. The van der Waals surface area contributed by atoms with E-state index < -0.39 is 0 Å². The van der Waals surface area contributed by atoms with Gasteiger partial charge in [-0.05, 0) is 0 Å². The van der Waals surface area contributed by atoms with Crippen LogP contribution in [0, 0.1) is 0 Å². The molecular weight excluding hydrogens is 145 g/mol. The van der Waals surface area contributed by atoms with Crippen LogP contribution in [0.2, 0.25) is 0 Å². The first kappa shape index (κ1) is 10.3. The maximum atomic E-state index is 10.6. The summed E-state index contributed by atoms with van der Waals surface area (Å²) >= 11 is 0. The van der Waals surface area contributed by atoms with Crippen LogP contribution >= 0.6 is 0 Å². The molecule has 11 heavy (non-hydrogen) atoms. The number of carbonyl (C=O) groups excluding carboxylic acids is 1. The minimum atomic E-state index is -0.268. The average Bonchev–Trinajstić information content (AvgIpc) is 2.00. The zero-order valence-corrected chi connectivity index (χ0v) is 6.79. The Labute approximate surface area is 66.6 Å². The van der Waals surface area contributed by atoms with Gasteiger partial charge in [-0.1, -0.05) is 0 Å². The quantitative estimate of drug-likeness (QED) is 0.433. The van der Waals surface area contributed by atoms with Gasteiger partial charge in [0, 0.05) is 0 Å². The number of methoxy groups -OCH3 is 1. The Morgan fingerprint density at radius 3 is 2.82 bits per heavy atom. The summed E-state index contributed by atoms with van der Waals surface area (Å²) < 4.78 is 14.3. The third-order valence-corrected chi connectivity index (χ3v) is 1.25. The van der Waals surface area contributed by atoms with Crippen LogP contribution in [0.15, 0.2) is 0 Å².